The number of allylic oxidation sites excluding steroid dienone is 6. The van der Waals surface area contributed by atoms with Gasteiger partial charge in [-0.2, -0.15) is 0 Å². The molecule has 0 unspecified atom stereocenters. The smallest absolute Gasteiger partial charge is 0.159 e. The van der Waals surface area contributed by atoms with E-state index in [9.17, 15) is 19.5 Å². The summed E-state index contributed by atoms with van der Waals surface area (Å²) < 4.78 is 0. The predicted molar refractivity (Wildman–Crippen MR) is 546 cm³/mol. The standard InChI is InChI=1S/2C24H20N.C21H22N.C18H14N.C12H10N.C11H20O2.2C5H8O2.4Ir/c1-16-4-9-19(10-5-16)21-15-24(20-11-6-17(2)7-12-20)25-23-13-8-18(3)14-22(21)23;1-16-7-10-19(11-8-16)21-15-24(20-6-4-5-17(2)13-20)25-23-12-9-18(3)14-22(21)23;1-14(2)10-17-6-5-7-21-19(17)8-9-20(22-21)18-12-15(3)11-16(4)13-18;1-14-7-9-15(10-8-14)17-11-12-19-18(13-17)16-5-3-2-4-6-16;1-10-7-8-12(13-9-10)11-5-3-2-4-6-11;1-8(2)5-10(12)7-11(13)6-9(3)4;2*1-4(6)3-5(2)7;;;;/h4-11,13-15H,1-3H3;4-5,7-15H,1-3H3;5-9,11-12,14H,10H2,1-4H3;2-5,7-13H,1H3;2-5,7-9H,1H3;7-9,12H,5-6H2,1-4H3;2*3,6H,1-2H3;;;;/q5*-1;;;;;;;. The van der Waals surface area contributed by atoms with Crippen molar-refractivity contribution < 1.29 is 110 Å². The zero-order valence-corrected chi connectivity index (χ0v) is 90.4. The molecule has 0 amide bonds. The van der Waals surface area contributed by atoms with Crippen LogP contribution >= 0.6 is 0 Å². The SMILES string of the molecule is CC(=O)C=C(C)O.CC(=O)C=C(C)O.CC(C)CC(=O)C=C(O)CC(C)C.Cc1[c-]c(-c2ccc3c(CC(C)C)cccc3n2)cc(C)c1.Cc1c[c-]c(-c2cc(-c3ccc(C)cc3)c3cc(C)ccc3n2)cc1.Cc1ccc(-c2[c-]cccc2)nc1.Cc1ccc(-c2cc(-c3[c-]ccc(C)c3)nc3ccc(C)cc23)cc1.Cc1ccc(-c2ccnc(-c3[c-]cccc3)c2)cc1.[Ir].[Ir].[Ir].[Ir]. The van der Waals surface area contributed by atoms with Crippen LogP contribution in [0.3, 0.4) is 0 Å². The fraction of sp³-hybridized carbons (Fsp3) is 0.217. The Hall–Kier alpha value is -11.8. The summed E-state index contributed by atoms with van der Waals surface area (Å²) in [4.78, 5) is 54.6. The molecule has 5 aromatic heterocycles. The molecule has 0 fully saturated rings. The summed E-state index contributed by atoms with van der Waals surface area (Å²) in [6, 6.07) is 111. The number of aryl methyl sites for hydroxylation is 10. The Morgan fingerprint density at radius 2 is 0.793 bits per heavy atom. The first-order chi connectivity index (χ1) is 62.6. The van der Waals surface area contributed by atoms with E-state index in [4.69, 9.17) is 25.2 Å². The number of aromatic nitrogens is 5. The van der Waals surface area contributed by atoms with Gasteiger partial charge in [-0.15, -0.1) is 177 Å². The molecule has 704 valence electrons. The minimum atomic E-state index is -0.125. The van der Waals surface area contributed by atoms with Gasteiger partial charge in [-0.25, -0.2) is 0 Å². The molecule has 0 saturated heterocycles. The second kappa shape index (κ2) is 57.2. The Morgan fingerprint density at radius 1 is 0.333 bits per heavy atom. The second-order valence-electron chi connectivity index (χ2n) is 34.6. The van der Waals surface area contributed by atoms with Crippen molar-refractivity contribution in [1.82, 2.24) is 24.9 Å². The third-order valence-corrected chi connectivity index (χ3v) is 20.4. The number of nitrogens with zero attached hydrogens (tertiary/aromatic N) is 5. The Labute approximate surface area is 855 Å². The molecule has 3 N–H and O–H groups in total. The number of hydrogen-bond donors (Lipinski definition) is 3. The monoisotopic (exact) mass is 2500 g/mol. The van der Waals surface area contributed by atoms with Gasteiger partial charge in [0.25, 0.3) is 0 Å². The summed E-state index contributed by atoms with van der Waals surface area (Å²) in [5.41, 5.74) is 34.2. The van der Waals surface area contributed by atoms with Gasteiger partial charge in [0.2, 0.25) is 0 Å². The maximum Gasteiger partial charge on any atom is 0.159 e. The van der Waals surface area contributed by atoms with Gasteiger partial charge < -0.3 is 25.3 Å². The van der Waals surface area contributed by atoms with Crippen LogP contribution in [0.1, 0.15) is 143 Å². The number of benzene rings is 11. The quantitative estimate of drug-likeness (QED) is 0.0449. The molecular weight excluding hydrogens is 2380 g/mol. The van der Waals surface area contributed by atoms with E-state index in [-0.39, 0.29) is 115 Å². The third-order valence-electron chi connectivity index (χ3n) is 20.4. The molecule has 0 aliphatic rings. The van der Waals surface area contributed by atoms with Crippen LogP contribution in [0, 0.1) is 117 Å². The van der Waals surface area contributed by atoms with E-state index in [1.54, 1.807) is 0 Å². The largest absolute Gasteiger partial charge is 0.512 e. The average molecular weight is 2500 g/mol. The zero-order chi connectivity index (χ0) is 94.8. The maximum atomic E-state index is 11.2. The third kappa shape index (κ3) is 38.1. The number of pyridine rings is 5. The molecule has 5 heterocycles. The number of ketones is 3. The number of carbonyl (C=O) groups is 3. The Balaban J connectivity index is 0.000000280. The van der Waals surface area contributed by atoms with Crippen LogP contribution in [0.15, 0.2) is 321 Å². The fourth-order valence-electron chi connectivity index (χ4n) is 14.3. The van der Waals surface area contributed by atoms with Gasteiger partial charge in [0.1, 0.15) is 0 Å². The number of aliphatic hydroxyl groups is 3. The summed E-state index contributed by atoms with van der Waals surface area (Å²) in [6.07, 6.45) is 9.61. The number of hydrogen-bond acceptors (Lipinski definition) is 11. The van der Waals surface area contributed by atoms with Crippen LogP contribution < -0.4 is 0 Å². The van der Waals surface area contributed by atoms with Gasteiger partial charge in [0, 0.05) is 140 Å². The number of aliphatic hydroxyl groups excluding tert-OH is 3. The minimum absolute atomic E-state index is 0. The minimum Gasteiger partial charge on any atom is -0.512 e. The van der Waals surface area contributed by atoms with E-state index in [1.807, 2.05) is 120 Å². The molecule has 15 heteroatoms. The van der Waals surface area contributed by atoms with Crippen molar-refractivity contribution in [3.63, 3.8) is 0 Å². The number of fused-ring (bicyclic) bond motifs is 3. The van der Waals surface area contributed by atoms with Gasteiger partial charge >= 0.3 is 0 Å². The van der Waals surface area contributed by atoms with Crippen LogP contribution in [0.4, 0.5) is 0 Å². The van der Waals surface area contributed by atoms with Crippen LogP contribution in [0.5, 0.6) is 0 Å². The van der Waals surface area contributed by atoms with Gasteiger partial charge in [-0.3, -0.25) is 29.3 Å². The fourth-order valence-corrected chi connectivity index (χ4v) is 14.3. The van der Waals surface area contributed by atoms with Crippen molar-refractivity contribution in [2.24, 2.45) is 17.8 Å². The van der Waals surface area contributed by atoms with Crippen LogP contribution in [0.2, 0.25) is 0 Å². The van der Waals surface area contributed by atoms with E-state index in [0.29, 0.717) is 30.6 Å². The van der Waals surface area contributed by atoms with E-state index in [0.717, 1.165) is 84.8 Å². The van der Waals surface area contributed by atoms with Crippen LogP contribution in [-0.4, -0.2) is 57.6 Å². The molecule has 0 atom stereocenters. The van der Waals surface area contributed by atoms with Crippen molar-refractivity contribution in [3.8, 4) is 89.7 Å². The van der Waals surface area contributed by atoms with Crippen LogP contribution in [-0.2, 0) is 101 Å². The summed E-state index contributed by atoms with van der Waals surface area (Å²) in [5, 5.41) is 29.7. The molecule has 11 aromatic carbocycles. The summed E-state index contributed by atoms with van der Waals surface area (Å²) in [5.74, 6) is 1.51. The van der Waals surface area contributed by atoms with Crippen molar-refractivity contribution in [3.05, 3.63) is 412 Å². The van der Waals surface area contributed by atoms with E-state index in [1.165, 1.54) is 151 Å². The summed E-state index contributed by atoms with van der Waals surface area (Å²) >= 11 is 0. The first kappa shape index (κ1) is 114. The molecule has 0 aliphatic heterocycles. The normalized spacial score (nSPS) is 10.7. The molecule has 4 radical (unpaired) electrons. The number of carbonyl (C=O) groups excluding carboxylic acids is 3. The molecule has 0 bridgehead atoms. The van der Waals surface area contributed by atoms with Crippen molar-refractivity contribution in [1.29, 1.82) is 0 Å². The number of rotatable bonds is 17. The first-order valence-electron chi connectivity index (χ1n) is 44.5. The van der Waals surface area contributed by atoms with E-state index < -0.39 is 0 Å². The molecule has 16 aromatic rings. The van der Waals surface area contributed by atoms with E-state index in [2.05, 4.69) is 317 Å². The van der Waals surface area contributed by atoms with Crippen molar-refractivity contribution in [2.75, 3.05) is 0 Å². The van der Waals surface area contributed by atoms with Crippen molar-refractivity contribution in [2.45, 2.75) is 158 Å². The Kier molecular flexibility index (Phi) is 48.1. The van der Waals surface area contributed by atoms with Crippen LogP contribution in [0.25, 0.3) is 122 Å². The van der Waals surface area contributed by atoms with Crippen molar-refractivity contribution >= 4 is 50.1 Å². The Bertz CT molecular complexity index is 6520. The van der Waals surface area contributed by atoms with Gasteiger partial charge in [-0.1, -0.05) is 237 Å². The molecule has 16 rings (SSSR count). The van der Waals surface area contributed by atoms with Gasteiger partial charge in [-0.05, 0) is 203 Å². The summed E-state index contributed by atoms with van der Waals surface area (Å²) in [7, 11) is 0. The molecule has 11 nitrogen and oxygen atoms in total. The van der Waals surface area contributed by atoms with E-state index >= 15 is 0 Å². The Morgan fingerprint density at radius 3 is 1.25 bits per heavy atom. The van der Waals surface area contributed by atoms with Gasteiger partial charge in [0.15, 0.2) is 17.3 Å². The second-order valence-corrected chi connectivity index (χ2v) is 34.6. The molecule has 0 spiro atoms. The molecule has 0 aliphatic carbocycles. The molecular formula is C120H122Ir4N5O6-5. The van der Waals surface area contributed by atoms with Gasteiger partial charge in [0.05, 0.1) is 33.8 Å². The summed E-state index contributed by atoms with van der Waals surface area (Å²) in [6.45, 7) is 39.2. The molecule has 0 saturated carbocycles. The predicted octanol–water partition coefficient (Wildman–Crippen LogP) is 30.6. The zero-order valence-electron chi connectivity index (χ0n) is 80.9. The molecule has 135 heavy (non-hydrogen) atoms. The topological polar surface area (TPSA) is 176 Å². The first-order valence-corrected chi connectivity index (χ1v) is 44.5. The average Bonchev–Trinajstić information content (AvgIpc) is 0.747. The maximum absolute atomic E-state index is 11.2.